The van der Waals surface area contributed by atoms with E-state index >= 15 is 0 Å². The number of aromatic nitrogens is 2. The monoisotopic (exact) mass is 264 g/mol. The van der Waals surface area contributed by atoms with Crippen molar-refractivity contribution in [1.29, 1.82) is 0 Å². The van der Waals surface area contributed by atoms with Crippen LogP contribution in [0.5, 0.6) is 0 Å². The van der Waals surface area contributed by atoms with Crippen LogP contribution in [0.2, 0.25) is 0 Å². The van der Waals surface area contributed by atoms with Gasteiger partial charge < -0.3 is 4.57 Å². The first-order valence-electron chi connectivity index (χ1n) is 6.60. The number of hydrogen-bond acceptors (Lipinski definition) is 1. The molecular weight excluding hydrogens is 244 g/mol. The molecule has 0 amide bonds. The number of alkyl halides is 1. The van der Waals surface area contributed by atoms with Gasteiger partial charge in [0.15, 0.2) is 0 Å². The van der Waals surface area contributed by atoms with Crippen LogP contribution < -0.4 is 0 Å². The average molecular weight is 265 g/mol. The fraction of sp³-hybridized carbons (Fsp3) is 0.533. The zero-order valence-electron chi connectivity index (χ0n) is 11.6. The Hall–Kier alpha value is -1.02. The molecule has 2 aromatic rings. The molecule has 0 fully saturated rings. The van der Waals surface area contributed by atoms with Crippen molar-refractivity contribution in [3.63, 3.8) is 0 Å². The minimum Gasteiger partial charge on any atom is -0.321 e. The molecule has 98 valence electrons. The van der Waals surface area contributed by atoms with Crippen LogP contribution in [-0.2, 0) is 11.4 Å². The van der Waals surface area contributed by atoms with Gasteiger partial charge in [0.1, 0.15) is 5.82 Å². The molecule has 0 saturated carbocycles. The van der Waals surface area contributed by atoms with E-state index in [9.17, 15) is 0 Å². The van der Waals surface area contributed by atoms with Gasteiger partial charge in [0, 0.05) is 5.54 Å². The summed E-state index contributed by atoms with van der Waals surface area (Å²) < 4.78 is 2.33. The van der Waals surface area contributed by atoms with E-state index in [2.05, 4.69) is 55.4 Å². The number of rotatable bonds is 4. The van der Waals surface area contributed by atoms with Gasteiger partial charge in [-0.25, -0.2) is 4.98 Å². The first-order valence-corrected chi connectivity index (χ1v) is 7.13. The summed E-state index contributed by atoms with van der Waals surface area (Å²) in [7, 11) is 0. The molecule has 1 heterocycles. The van der Waals surface area contributed by atoms with Crippen LogP contribution in [0.15, 0.2) is 18.2 Å². The lowest BCUT2D eigenvalue weighted by molar-refractivity contribution is 0.296. The second-order valence-electron chi connectivity index (χ2n) is 5.19. The van der Waals surface area contributed by atoms with Crippen molar-refractivity contribution in [2.75, 3.05) is 0 Å². The molecule has 2 nitrogen and oxygen atoms in total. The Morgan fingerprint density at radius 3 is 2.50 bits per heavy atom. The predicted molar refractivity (Wildman–Crippen MR) is 78.3 cm³/mol. The minimum absolute atomic E-state index is 0.0915. The van der Waals surface area contributed by atoms with E-state index in [1.165, 1.54) is 11.1 Å². The zero-order valence-corrected chi connectivity index (χ0v) is 12.4. The molecule has 1 aromatic carbocycles. The molecule has 2 rings (SSSR count). The van der Waals surface area contributed by atoms with E-state index in [1.54, 1.807) is 0 Å². The fourth-order valence-corrected chi connectivity index (χ4v) is 2.68. The number of imidazole rings is 1. The lowest BCUT2D eigenvalue weighted by Gasteiger charge is -2.31. The molecule has 3 heteroatoms. The highest BCUT2D eigenvalue weighted by atomic mass is 35.5. The molecule has 18 heavy (non-hydrogen) atoms. The lowest BCUT2D eigenvalue weighted by atomic mass is 9.94. The molecule has 0 aliphatic carbocycles. The van der Waals surface area contributed by atoms with Gasteiger partial charge in [-0.1, -0.05) is 19.9 Å². The van der Waals surface area contributed by atoms with Crippen molar-refractivity contribution in [2.24, 2.45) is 0 Å². The maximum absolute atomic E-state index is 6.08. The maximum Gasteiger partial charge on any atom is 0.125 e. The molecule has 0 N–H and O–H groups in total. The quantitative estimate of drug-likeness (QED) is 0.737. The van der Waals surface area contributed by atoms with E-state index in [0.29, 0.717) is 5.88 Å². The number of fused-ring (bicyclic) bond motifs is 1. The standard InChI is InChI=1S/C15H21ClN2/c1-5-15(4,6-2)18-13-8-7-11(3)9-12(13)17-14(18)10-16/h7-9H,5-6,10H2,1-4H3. The molecule has 0 aliphatic heterocycles. The van der Waals surface area contributed by atoms with E-state index in [1.807, 2.05) is 0 Å². The number of benzene rings is 1. The van der Waals surface area contributed by atoms with E-state index in [4.69, 9.17) is 11.6 Å². The average Bonchev–Trinajstić information content (AvgIpc) is 2.75. The summed E-state index contributed by atoms with van der Waals surface area (Å²) in [5.74, 6) is 1.44. The zero-order chi connectivity index (χ0) is 13.3. The normalized spacial score (nSPS) is 12.3. The third-order valence-electron chi connectivity index (χ3n) is 4.06. The summed E-state index contributed by atoms with van der Waals surface area (Å²) in [5.41, 5.74) is 3.58. The Morgan fingerprint density at radius 2 is 1.94 bits per heavy atom. The highest BCUT2D eigenvalue weighted by Crippen LogP contribution is 2.31. The molecule has 0 aliphatic rings. The van der Waals surface area contributed by atoms with Crippen LogP contribution in [0, 0.1) is 6.92 Å². The highest BCUT2D eigenvalue weighted by molar-refractivity contribution is 6.16. The number of aryl methyl sites for hydroxylation is 1. The Bertz CT molecular complexity index is 553. The number of nitrogens with zero attached hydrogens (tertiary/aromatic N) is 2. The molecule has 1 aromatic heterocycles. The summed E-state index contributed by atoms with van der Waals surface area (Å²) in [5, 5.41) is 0. The first kappa shape index (κ1) is 13.4. The van der Waals surface area contributed by atoms with Crippen molar-refractivity contribution < 1.29 is 0 Å². The van der Waals surface area contributed by atoms with Crippen molar-refractivity contribution in [3.8, 4) is 0 Å². The van der Waals surface area contributed by atoms with E-state index in [0.717, 1.165) is 24.2 Å². The molecule has 0 unspecified atom stereocenters. The predicted octanol–water partition coefficient (Wildman–Crippen LogP) is 4.62. The summed E-state index contributed by atoms with van der Waals surface area (Å²) in [6.45, 7) is 8.82. The maximum atomic E-state index is 6.08. The van der Waals surface area contributed by atoms with Crippen LogP contribution in [0.1, 0.15) is 45.0 Å². The molecule has 0 atom stereocenters. The minimum atomic E-state index is 0.0915. The van der Waals surface area contributed by atoms with Crippen LogP contribution in [0.4, 0.5) is 0 Å². The van der Waals surface area contributed by atoms with Crippen molar-refractivity contribution in [3.05, 3.63) is 29.6 Å². The smallest absolute Gasteiger partial charge is 0.125 e. The largest absolute Gasteiger partial charge is 0.321 e. The fourth-order valence-electron chi connectivity index (χ4n) is 2.50. The van der Waals surface area contributed by atoms with Gasteiger partial charge in [-0.15, -0.1) is 11.6 Å². The molecule has 0 radical (unpaired) electrons. The van der Waals surface area contributed by atoms with Gasteiger partial charge in [-0.2, -0.15) is 0 Å². The summed E-state index contributed by atoms with van der Waals surface area (Å²) in [4.78, 5) is 4.69. The first-order chi connectivity index (χ1) is 8.55. The summed E-state index contributed by atoms with van der Waals surface area (Å²) in [6, 6.07) is 6.44. The number of hydrogen-bond donors (Lipinski definition) is 0. The Morgan fingerprint density at radius 1 is 1.28 bits per heavy atom. The van der Waals surface area contributed by atoms with Crippen molar-refractivity contribution in [1.82, 2.24) is 9.55 Å². The van der Waals surface area contributed by atoms with Gasteiger partial charge in [0.25, 0.3) is 0 Å². The Kier molecular flexibility index (Phi) is 3.67. The third-order valence-corrected chi connectivity index (χ3v) is 4.30. The van der Waals surface area contributed by atoms with Gasteiger partial charge in [0.2, 0.25) is 0 Å². The van der Waals surface area contributed by atoms with Crippen LogP contribution in [0.25, 0.3) is 11.0 Å². The highest BCUT2D eigenvalue weighted by Gasteiger charge is 2.26. The van der Waals surface area contributed by atoms with Crippen LogP contribution in [0.3, 0.4) is 0 Å². The summed E-state index contributed by atoms with van der Waals surface area (Å²) in [6.07, 6.45) is 2.15. The van der Waals surface area contributed by atoms with Crippen molar-refractivity contribution in [2.45, 2.75) is 52.0 Å². The molecule has 0 saturated heterocycles. The van der Waals surface area contributed by atoms with Gasteiger partial charge in [-0.05, 0) is 44.4 Å². The number of halogens is 1. The summed E-state index contributed by atoms with van der Waals surface area (Å²) >= 11 is 6.08. The van der Waals surface area contributed by atoms with Crippen LogP contribution in [-0.4, -0.2) is 9.55 Å². The molecule has 0 bridgehead atoms. The third kappa shape index (κ3) is 2.03. The van der Waals surface area contributed by atoms with E-state index < -0.39 is 0 Å². The van der Waals surface area contributed by atoms with Gasteiger partial charge >= 0.3 is 0 Å². The SMILES string of the molecule is CCC(C)(CC)n1c(CCl)nc2cc(C)ccc21. The van der Waals surface area contributed by atoms with Gasteiger partial charge in [0.05, 0.1) is 16.9 Å². The van der Waals surface area contributed by atoms with Crippen LogP contribution >= 0.6 is 11.6 Å². The van der Waals surface area contributed by atoms with Gasteiger partial charge in [-0.3, -0.25) is 0 Å². The Balaban J connectivity index is 2.75. The van der Waals surface area contributed by atoms with Crippen molar-refractivity contribution >= 4 is 22.6 Å². The molecular formula is C15H21ClN2. The lowest BCUT2D eigenvalue weighted by Crippen LogP contribution is -2.29. The molecule has 0 spiro atoms. The topological polar surface area (TPSA) is 17.8 Å². The van der Waals surface area contributed by atoms with E-state index in [-0.39, 0.29) is 5.54 Å². The second-order valence-corrected chi connectivity index (χ2v) is 5.46. The second kappa shape index (κ2) is 4.93. The Labute approximate surface area is 114 Å².